The number of benzene rings is 2. The smallest absolute Gasteiger partial charge is 0.387 e. The average molecular weight is 447 g/mol. The lowest BCUT2D eigenvalue weighted by atomic mass is 10.1. The molecule has 0 aliphatic carbocycles. The van der Waals surface area contributed by atoms with Crippen molar-refractivity contribution >= 4 is 5.96 Å². The van der Waals surface area contributed by atoms with Crippen LogP contribution in [0.2, 0.25) is 0 Å². The molecular formula is C24H32F2N4O2. The molecule has 0 radical (unpaired) electrons. The fourth-order valence-electron chi connectivity index (χ4n) is 3.98. The van der Waals surface area contributed by atoms with E-state index in [1.807, 2.05) is 6.07 Å². The summed E-state index contributed by atoms with van der Waals surface area (Å²) in [7, 11) is 1.68. The van der Waals surface area contributed by atoms with Crippen molar-refractivity contribution in [2.75, 3.05) is 20.1 Å². The number of hydrogen-bond donors (Lipinski definition) is 2. The van der Waals surface area contributed by atoms with E-state index in [0.29, 0.717) is 24.6 Å². The lowest BCUT2D eigenvalue weighted by Crippen LogP contribution is -2.45. The largest absolute Gasteiger partial charge is 0.434 e. The number of nitrogens with zero attached hydrogens (tertiary/aromatic N) is 2. The summed E-state index contributed by atoms with van der Waals surface area (Å²) in [5.74, 6) is 0.741. The standard InChI is InChI=1S/C24H32F2N4O2/c1-17-14-30(15-18(2)31-17)16-21-10-5-4-8-19(21)12-28-24(27-3)29-13-20-9-6-7-11-22(20)32-23(25)26/h4-11,17-18,23H,12-16H2,1-3H3,(H2,27,28,29). The third kappa shape index (κ3) is 7.17. The third-order valence-electron chi connectivity index (χ3n) is 5.31. The van der Waals surface area contributed by atoms with E-state index < -0.39 is 6.61 Å². The number of halogens is 2. The van der Waals surface area contributed by atoms with Crippen molar-refractivity contribution < 1.29 is 18.3 Å². The molecule has 2 unspecified atom stereocenters. The highest BCUT2D eigenvalue weighted by Gasteiger charge is 2.22. The first-order valence-corrected chi connectivity index (χ1v) is 10.9. The predicted octanol–water partition coefficient (Wildman–Crippen LogP) is 3.76. The summed E-state index contributed by atoms with van der Waals surface area (Å²) in [6, 6.07) is 15.1. The van der Waals surface area contributed by atoms with Crippen molar-refractivity contribution in [3.63, 3.8) is 0 Å². The van der Waals surface area contributed by atoms with Crippen molar-refractivity contribution in [2.45, 2.75) is 52.3 Å². The van der Waals surface area contributed by atoms with E-state index >= 15 is 0 Å². The molecule has 1 saturated heterocycles. The van der Waals surface area contributed by atoms with Crippen LogP contribution in [-0.2, 0) is 24.4 Å². The molecule has 1 heterocycles. The van der Waals surface area contributed by atoms with Crippen LogP contribution in [0.25, 0.3) is 0 Å². The van der Waals surface area contributed by atoms with Gasteiger partial charge in [-0.25, -0.2) is 0 Å². The van der Waals surface area contributed by atoms with Crippen LogP contribution in [0.3, 0.4) is 0 Å². The lowest BCUT2D eigenvalue weighted by Gasteiger charge is -2.35. The van der Waals surface area contributed by atoms with Gasteiger partial charge < -0.3 is 20.1 Å². The van der Waals surface area contributed by atoms with Crippen LogP contribution in [-0.4, -0.2) is 49.8 Å². The molecule has 0 spiro atoms. The van der Waals surface area contributed by atoms with Crippen LogP contribution in [0.15, 0.2) is 53.5 Å². The molecule has 1 aliphatic heterocycles. The van der Waals surface area contributed by atoms with Crippen molar-refractivity contribution in [1.29, 1.82) is 0 Å². The number of aliphatic imine (C=N–C) groups is 1. The first kappa shape index (κ1) is 23.9. The molecule has 1 fully saturated rings. The second kappa shape index (κ2) is 11.8. The van der Waals surface area contributed by atoms with E-state index in [9.17, 15) is 8.78 Å². The minimum absolute atomic E-state index is 0.157. The van der Waals surface area contributed by atoms with E-state index in [0.717, 1.165) is 19.6 Å². The van der Waals surface area contributed by atoms with Gasteiger partial charge in [0.1, 0.15) is 5.75 Å². The second-order valence-corrected chi connectivity index (χ2v) is 7.99. The van der Waals surface area contributed by atoms with Crippen molar-refractivity contribution in [1.82, 2.24) is 15.5 Å². The Morgan fingerprint density at radius 2 is 1.56 bits per heavy atom. The highest BCUT2D eigenvalue weighted by atomic mass is 19.3. The average Bonchev–Trinajstić information content (AvgIpc) is 2.75. The Hall–Kier alpha value is -2.71. The van der Waals surface area contributed by atoms with Gasteiger partial charge >= 0.3 is 6.61 Å². The summed E-state index contributed by atoms with van der Waals surface area (Å²) < 4.78 is 35.7. The zero-order valence-corrected chi connectivity index (χ0v) is 18.9. The predicted molar refractivity (Wildman–Crippen MR) is 122 cm³/mol. The van der Waals surface area contributed by atoms with Gasteiger partial charge in [-0.1, -0.05) is 42.5 Å². The molecule has 2 N–H and O–H groups in total. The Morgan fingerprint density at radius 3 is 2.19 bits per heavy atom. The van der Waals surface area contributed by atoms with E-state index in [4.69, 9.17) is 4.74 Å². The number of rotatable bonds is 8. The van der Waals surface area contributed by atoms with Crippen LogP contribution in [0.4, 0.5) is 8.78 Å². The van der Waals surface area contributed by atoms with Crippen LogP contribution in [0.5, 0.6) is 5.75 Å². The summed E-state index contributed by atoms with van der Waals surface area (Å²) >= 11 is 0. The Kier molecular flexibility index (Phi) is 8.81. The molecule has 2 aromatic carbocycles. The summed E-state index contributed by atoms with van der Waals surface area (Å²) in [6.07, 6.45) is 0.452. The van der Waals surface area contributed by atoms with Gasteiger partial charge in [0, 0.05) is 45.3 Å². The quantitative estimate of drug-likeness (QED) is 0.478. The molecule has 6 nitrogen and oxygen atoms in total. The SMILES string of the molecule is CN=C(NCc1ccccc1CN1CC(C)OC(C)C1)NCc1ccccc1OC(F)F. The number of ether oxygens (including phenoxy) is 2. The van der Waals surface area contributed by atoms with E-state index in [1.165, 1.54) is 17.2 Å². The topological polar surface area (TPSA) is 58.1 Å². The Bertz CT molecular complexity index is 884. The van der Waals surface area contributed by atoms with Gasteiger partial charge in [0.25, 0.3) is 0 Å². The third-order valence-corrected chi connectivity index (χ3v) is 5.31. The van der Waals surface area contributed by atoms with Crippen LogP contribution >= 0.6 is 0 Å². The van der Waals surface area contributed by atoms with Crippen molar-refractivity contribution in [2.24, 2.45) is 4.99 Å². The Labute approximate surface area is 188 Å². The van der Waals surface area contributed by atoms with E-state index in [2.05, 4.69) is 57.3 Å². The molecule has 1 aliphatic rings. The second-order valence-electron chi connectivity index (χ2n) is 7.99. The number of para-hydroxylation sites is 1. The maximum Gasteiger partial charge on any atom is 0.387 e. The molecule has 0 amide bonds. The fraction of sp³-hybridized carbons (Fsp3) is 0.458. The number of alkyl halides is 2. The van der Waals surface area contributed by atoms with Gasteiger partial charge in [0.2, 0.25) is 0 Å². The van der Waals surface area contributed by atoms with Gasteiger partial charge in [0.15, 0.2) is 5.96 Å². The first-order chi connectivity index (χ1) is 15.4. The minimum atomic E-state index is -2.86. The summed E-state index contributed by atoms with van der Waals surface area (Å²) in [4.78, 5) is 6.67. The van der Waals surface area contributed by atoms with Gasteiger partial charge in [-0.15, -0.1) is 0 Å². The Balaban J connectivity index is 1.58. The molecule has 2 aromatic rings. The highest BCUT2D eigenvalue weighted by Crippen LogP contribution is 2.20. The zero-order chi connectivity index (χ0) is 22.9. The van der Waals surface area contributed by atoms with Crippen LogP contribution in [0, 0.1) is 0 Å². The van der Waals surface area contributed by atoms with Gasteiger partial charge in [-0.05, 0) is 31.0 Å². The fourth-order valence-corrected chi connectivity index (χ4v) is 3.98. The first-order valence-electron chi connectivity index (χ1n) is 10.9. The maximum absolute atomic E-state index is 12.6. The van der Waals surface area contributed by atoms with E-state index in [-0.39, 0.29) is 18.0 Å². The summed E-state index contributed by atoms with van der Waals surface area (Å²) in [5, 5.41) is 6.49. The summed E-state index contributed by atoms with van der Waals surface area (Å²) in [5.41, 5.74) is 3.07. The number of morpholine rings is 1. The number of hydrogen-bond acceptors (Lipinski definition) is 4. The van der Waals surface area contributed by atoms with Crippen molar-refractivity contribution in [3.8, 4) is 5.75 Å². The molecule has 0 aromatic heterocycles. The Morgan fingerprint density at radius 1 is 1.00 bits per heavy atom. The lowest BCUT2D eigenvalue weighted by molar-refractivity contribution is -0.0705. The molecule has 0 bridgehead atoms. The van der Waals surface area contributed by atoms with Crippen LogP contribution < -0.4 is 15.4 Å². The molecule has 0 saturated carbocycles. The molecule has 32 heavy (non-hydrogen) atoms. The highest BCUT2D eigenvalue weighted by molar-refractivity contribution is 5.79. The zero-order valence-electron chi connectivity index (χ0n) is 18.9. The molecule has 2 atom stereocenters. The minimum Gasteiger partial charge on any atom is -0.434 e. The van der Waals surface area contributed by atoms with Crippen molar-refractivity contribution in [3.05, 3.63) is 65.2 Å². The number of guanidine groups is 1. The van der Waals surface area contributed by atoms with Crippen LogP contribution in [0.1, 0.15) is 30.5 Å². The molecular weight excluding hydrogens is 414 g/mol. The van der Waals surface area contributed by atoms with Gasteiger partial charge in [-0.2, -0.15) is 8.78 Å². The van der Waals surface area contributed by atoms with E-state index in [1.54, 1.807) is 25.2 Å². The molecule has 3 rings (SSSR count). The molecule has 8 heteroatoms. The number of nitrogens with one attached hydrogen (secondary N) is 2. The van der Waals surface area contributed by atoms with Gasteiger partial charge in [-0.3, -0.25) is 9.89 Å². The van der Waals surface area contributed by atoms with Gasteiger partial charge in [0.05, 0.1) is 12.2 Å². The maximum atomic E-state index is 12.6. The normalized spacial score (nSPS) is 19.8. The summed E-state index contributed by atoms with van der Waals surface area (Å²) in [6.45, 7) is 4.95. The molecule has 174 valence electrons. The monoisotopic (exact) mass is 446 g/mol.